The Morgan fingerprint density at radius 2 is 2.10 bits per heavy atom. The number of benzene rings is 1. The number of Topliss-reactive ketones (excluding diaryl/α,β-unsaturated/α-hetero) is 1. The first-order valence-corrected chi connectivity index (χ1v) is 6.13. The first kappa shape index (κ1) is 12.3. The molecule has 0 N–H and O–H groups in total. The van der Waals surface area contributed by atoms with Crippen LogP contribution in [0.3, 0.4) is 0 Å². The number of aromatic nitrogens is 2. The Hall–Kier alpha value is -2.69. The van der Waals surface area contributed by atoms with Gasteiger partial charge in [-0.05, 0) is 30.7 Å². The zero-order valence-corrected chi connectivity index (χ0v) is 11.1. The lowest BCUT2D eigenvalue weighted by molar-refractivity contribution is 0.101. The number of carbonyl (C=O) groups is 1. The summed E-state index contributed by atoms with van der Waals surface area (Å²) < 4.78 is 6.53. The fourth-order valence-electron chi connectivity index (χ4n) is 2.23. The molecule has 0 spiro atoms. The number of hydrogen-bond acceptors (Lipinski definition) is 4. The van der Waals surface area contributed by atoms with Crippen molar-refractivity contribution in [2.45, 2.75) is 6.92 Å². The second-order valence-corrected chi connectivity index (χ2v) is 4.59. The summed E-state index contributed by atoms with van der Waals surface area (Å²) in [5.41, 5.74) is 3.39. The molecule has 0 aliphatic heterocycles. The number of nitrogens with zero attached hydrogens (tertiary/aromatic N) is 2. The summed E-state index contributed by atoms with van der Waals surface area (Å²) in [6, 6.07) is 7.05. The summed E-state index contributed by atoms with van der Waals surface area (Å²) >= 11 is 0. The molecule has 3 rings (SSSR count). The Morgan fingerprint density at radius 1 is 1.30 bits per heavy atom. The van der Waals surface area contributed by atoms with Gasteiger partial charge in [0, 0.05) is 30.6 Å². The van der Waals surface area contributed by atoms with E-state index in [2.05, 4.69) is 4.98 Å². The van der Waals surface area contributed by atoms with E-state index in [1.54, 1.807) is 31.6 Å². The Balaban J connectivity index is 2.28. The fourth-order valence-corrected chi connectivity index (χ4v) is 2.23. The third-order valence-electron chi connectivity index (χ3n) is 3.30. The zero-order chi connectivity index (χ0) is 14.3. The lowest BCUT2D eigenvalue weighted by Gasteiger charge is -2.06. The van der Waals surface area contributed by atoms with Crippen LogP contribution in [0.25, 0.3) is 22.2 Å². The van der Waals surface area contributed by atoms with Gasteiger partial charge in [-0.2, -0.15) is 0 Å². The largest absolute Gasteiger partial charge is 0.419 e. The van der Waals surface area contributed by atoms with E-state index in [0.29, 0.717) is 16.7 Å². The molecule has 5 heteroatoms. The average molecular weight is 268 g/mol. The van der Waals surface area contributed by atoms with Crippen LogP contribution in [0.1, 0.15) is 17.3 Å². The summed E-state index contributed by atoms with van der Waals surface area (Å²) in [6.45, 7) is 1.52. The molecule has 1 aromatic carbocycles. The SMILES string of the molecule is CC(=O)c1ccncc1-c1ccc2oc(=O)n(C)c2c1. The van der Waals surface area contributed by atoms with E-state index in [-0.39, 0.29) is 5.78 Å². The Morgan fingerprint density at radius 3 is 2.85 bits per heavy atom. The third kappa shape index (κ3) is 1.84. The van der Waals surface area contributed by atoms with Gasteiger partial charge in [0.15, 0.2) is 11.4 Å². The van der Waals surface area contributed by atoms with Gasteiger partial charge in [0.25, 0.3) is 0 Å². The highest BCUT2D eigenvalue weighted by molar-refractivity contribution is 6.01. The van der Waals surface area contributed by atoms with Crippen molar-refractivity contribution in [1.29, 1.82) is 0 Å². The Labute approximate surface area is 114 Å². The van der Waals surface area contributed by atoms with Gasteiger partial charge >= 0.3 is 5.76 Å². The van der Waals surface area contributed by atoms with E-state index in [1.807, 2.05) is 12.1 Å². The molecule has 0 amide bonds. The fraction of sp³-hybridized carbons (Fsp3) is 0.133. The smallest absolute Gasteiger partial charge is 0.408 e. The molecule has 20 heavy (non-hydrogen) atoms. The molecule has 3 aromatic rings. The zero-order valence-electron chi connectivity index (χ0n) is 11.1. The maximum atomic E-state index is 11.7. The van der Waals surface area contributed by atoms with Crippen LogP contribution in [-0.2, 0) is 7.05 Å². The van der Waals surface area contributed by atoms with Crippen LogP contribution >= 0.6 is 0 Å². The van der Waals surface area contributed by atoms with Gasteiger partial charge in [0.2, 0.25) is 0 Å². The molecule has 0 bridgehead atoms. The molecule has 0 aliphatic carbocycles. The van der Waals surface area contributed by atoms with Gasteiger partial charge in [0.05, 0.1) is 5.52 Å². The minimum absolute atomic E-state index is 0.0245. The molecule has 2 aromatic heterocycles. The molecule has 0 unspecified atom stereocenters. The third-order valence-corrected chi connectivity index (χ3v) is 3.30. The quantitative estimate of drug-likeness (QED) is 0.669. The van der Waals surface area contributed by atoms with Gasteiger partial charge in [0.1, 0.15) is 0 Å². The highest BCUT2D eigenvalue weighted by atomic mass is 16.4. The molecule has 0 radical (unpaired) electrons. The molecule has 0 fully saturated rings. The van der Waals surface area contributed by atoms with E-state index in [9.17, 15) is 9.59 Å². The molecular formula is C15H12N2O3. The molecule has 5 nitrogen and oxygen atoms in total. The van der Waals surface area contributed by atoms with Crippen molar-refractivity contribution in [3.05, 3.63) is 52.8 Å². The number of carbonyl (C=O) groups excluding carboxylic acids is 1. The standard InChI is InChI=1S/C15H12N2O3/c1-9(18)11-5-6-16-8-12(11)10-3-4-14-13(7-10)17(2)15(19)20-14/h3-8H,1-2H3. The first-order chi connectivity index (χ1) is 9.58. The van der Waals surface area contributed by atoms with E-state index in [0.717, 1.165) is 11.1 Å². The van der Waals surface area contributed by atoms with Crippen molar-refractivity contribution in [3.8, 4) is 11.1 Å². The average Bonchev–Trinajstić information content (AvgIpc) is 2.74. The van der Waals surface area contributed by atoms with Crippen LogP contribution in [0, 0.1) is 0 Å². The number of rotatable bonds is 2. The lowest BCUT2D eigenvalue weighted by atomic mass is 9.99. The van der Waals surface area contributed by atoms with Crippen LogP contribution in [0.5, 0.6) is 0 Å². The molecular weight excluding hydrogens is 256 g/mol. The summed E-state index contributed by atoms with van der Waals surface area (Å²) in [7, 11) is 1.65. The van der Waals surface area contributed by atoms with Crippen LogP contribution in [0.4, 0.5) is 0 Å². The van der Waals surface area contributed by atoms with Gasteiger partial charge < -0.3 is 4.42 Å². The van der Waals surface area contributed by atoms with E-state index in [4.69, 9.17) is 4.42 Å². The number of aryl methyl sites for hydroxylation is 1. The van der Waals surface area contributed by atoms with Crippen molar-refractivity contribution in [2.24, 2.45) is 7.05 Å². The lowest BCUT2D eigenvalue weighted by Crippen LogP contribution is -2.08. The molecule has 0 aliphatic rings. The minimum Gasteiger partial charge on any atom is -0.408 e. The van der Waals surface area contributed by atoms with E-state index in [1.165, 1.54) is 11.5 Å². The number of pyridine rings is 1. The minimum atomic E-state index is -0.407. The summed E-state index contributed by atoms with van der Waals surface area (Å²) in [4.78, 5) is 27.2. The second-order valence-electron chi connectivity index (χ2n) is 4.59. The van der Waals surface area contributed by atoms with Crippen molar-refractivity contribution < 1.29 is 9.21 Å². The second kappa shape index (κ2) is 4.45. The highest BCUT2D eigenvalue weighted by Gasteiger charge is 2.12. The number of oxazole rings is 1. The highest BCUT2D eigenvalue weighted by Crippen LogP contribution is 2.26. The molecule has 2 heterocycles. The normalized spacial score (nSPS) is 10.9. The van der Waals surface area contributed by atoms with Crippen molar-refractivity contribution >= 4 is 16.9 Å². The van der Waals surface area contributed by atoms with Crippen molar-refractivity contribution in [2.75, 3.05) is 0 Å². The predicted molar refractivity (Wildman–Crippen MR) is 74.7 cm³/mol. The molecule has 100 valence electrons. The molecule has 0 saturated heterocycles. The summed E-state index contributed by atoms with van der Waals surface area (Å²) in [5.74, 6) is -0.432. The number of hydrogen-bond donors (Lipinski definition) is 0. The van der Waals surface area contributed by atoms with Crippen molar-refractivity contribution in [3.63, 3.8) is 0 Å². The maximum Gasteiger partial charge on any atom is 0.419 e. The van der Waals surface area contributed by atoms with Crippen LogP contribution < -0.4 is 5.76 Å². The summed E-state index contributed by atoms with van der Waals surface area (Å²) in [6.07, 6.45) is 3.24. The monoisotopic (exact) mass is 268 g/mol. The van der Waals surface area contributed by atoms with E-state index >= 15 is 0 Å². The van der Waals surface area contributed by atoms with Crippen LogP contribution in [0.2, 0.25) is 0 Å². The van der Waals surface area contributed by atoms with Gasteiger partial charge in [-0.3, -0.25) is 14.3 Å². The van der Waals surface area contributed by atoms with Crippen LogP contribution in [0.15, 0.2) is 45.9 Å². The Kier molecular flexibility index (Phi) is 2.75. The number of fused-ring (bicyclic) bond motifs is 1. The predicted octanol–water partition coefficient (Wildman–Crippen LogP) is 2.40. The maximum absolute atomic E-state index is 11.7. The van der Waals surface area contributed by atoms with Crippen LogP contribution in [-0.4, -0.2) is 15.3 Å². The molecule has 0 saturated carbocycles. The Bertz CT molecular complexity index is 874. The van der Waals surface area contributed by atoms with Gasteiger partial charge in [-0.1, -0.05) is 6.07 Å². The first-order valence-electron chi connectivity index (χ1n) is 6.13. The topological polar surface area (TPSA) is 65.1 Å². The van der Waals surface area contributed by atoms with Crippen molar-refractivity contribution in [1.82, 2.24) is 9.55 Å². The van der Waals surface area contributed by atoms with Gasteiger partial charge in [-0.15, -0.1) is 0 Å². The summed E-state index contributed by atoms with van der Waals surface area (Å²) in [5, 5.41) is 0. The van der Waals surface area contributed by atoms with Gasteiger partial charge in [-0.25, -0.2) is 4.79 Å². The molecule has 0 atom stereocenters. The van der Waals surface area contributed by atoms with E-state index < -0.39 is 5.76 Å². The number of ketones is 1.